The van der Waals surface area contributed by atoms with E-state index in [9.17, 15) is 0 Å². The van der Waals surface area contributed by atoms with Crippen LogP contribution in [0.25, 0.3) is 141 Å². The minimum Gasteiger partial charge on any atom is -0.208 e. The molecule has 0 aliphatic heterocycles. The summed E-state index contributed by atoms with van der Waals surface area (Å²) >= 11 is 1.81. The molecule has 0 aliphatic rings. The van der Waals surface area contributed by atoms with Crippen molar-refractivity contribution in [2.75, 3.05) is 0 Å². The van der Waals surface area contributed by atoms with Crippen molar-refractivity contribution in [1.82, 2.24) is 15.0 Å². The summed E-state index contributed by atoms with van der Waals surface area (Å²) in [5, 5.41) is 17.8. The number of hydrogen-bond acceptors (Lipinski definition) is 4. The second kappa shape index (κ2) is 14.1. The van der Waals surface area contributed by atoms with E-state index in [4.69, 9.17) is 15.0 Å². The van der Waals surface area contributed by atoms with Crippen molar-refractivity contribution >= 4 is 96.1 Å². The van der Waals surface area contributed by atoms with Gasteiger partial charge < -0.3 is 0 Å². The van der Waals surface area contributed by atoms with Gasteiger partial charge in [-0.05, 0) is 135 Å². The van der Waals surface area contributed by atoms with Gasteiger partial charge in [0.2, 0.25) is 0 Å². The third-order valence-electron chi connectivity index (χ3n) is 13.4. The minimum absolute atomic E-state index is 0.639. The van der Waals surface area contributed by atoms with Crippen LogP contribution in [0.1, 0.15) is 0 Å². The molecule has 300 valence electrons. The molecule has 0 spiro atoms. The molecule has 0 unspecified atom stereocenters. The number of fused-ring (bicyclic) bond motifs is 5. The normalized spacial score (nSPS) is 12.0. The Morgan fingerprint density at radius 1 is 0.231 bits per heavy atom. The van der Waals surface area contributed by atoms with Gasteiger partial charge in [0.05, 0.1) is 0 Å². The average Bonchev–Trinajstić information content (AvgIpc) is 3.75. The largest absolute Gasteiger partial charge is 0.208 e. The number of aromatic nitrogens is 3. The van der Waals surface area contributed by atoms with Gasteiger partial charge in [0.15, 0.2) is 17.5 Å². The van der Waals surface area contributed by atoms with Crippen molar-refractivity contribution in [3.8, 4) is 56.4 Å². The van der Waals surface area contributed by atoms with Crippen LogP contribution in [0.15, 0.2) is 212 Å². The molecule has 2 aromatic heterocycles. The van der Waals surface area contributed by atoms with Crippen LogP contribution in [0, 0.1) is 0 Å². The maximum Gasteiger partial charge on any atom is 0.164 e. The molecule has 14 aromatic rings. The van der Waals surface area contributed by atoms with E-state index >= 15 is 0 Å². The fourth-order valence-corrected chi connectivity index (χ4v) is 11.5. The van der Waals surface area contributed by atoms with E-state index in [0.29, 0.717) is 17.5 Å². The zero-order chi connectivity index (χ0) is 42.6. The highest BCUT2D eigenvalue weighted by atomic mass is 32.1. The van der Waals surface area contributed by atoms with Crippen LogP contribution in [0.4, 0.5) is 0 Å². The summed E-state index contributed by atoms with van der Waals surface area (Å²) in [6, 6.07) is 77.2. The van der Waals surface area contributed by atoms with Gasteiger partial charge >= 0.3 is 0 Å². The van der Waals surface area contributed by atoms with Crippen LogP contribution in [-0.4, -0.2) is 15.0 Å². The van der Waals surface area contributed by atoms with Crippen LogP contribution in [-0.2, 0) is 0 Å². The molecule has 2 heterocycles. The molecule has 0 atom stereocenters. The molecule has 0 radical (unpaired) electrons. The van der Waals surface area contributed by atoms with Gasteiger partial charge in [0.1, 0.15) is 0 Å². The predicted molar refractivity (Wildman–Crippen MR) is 276 cm³/mol. The van der Waals surface area contributed by atoms with E-state index in [0.717, 1.165) is 33.4 Å². The lowest BCUT2D eigenvalue weighted by Gasteiger charge is -2.17. The highest BCUT2D eigenvalue weighted by molar-refractivity contribution is 7.25. The van der Waals surface area contributed by atoms with Crippen LogP contribution < -0.4 is 0 Å². The molecular weight excluding hydrogens is 807 g/mol. The average molecular weight is 842 g/mol. The quantitative estimate of drug-likeness (QED) is 0.162. The molecule has 0 bridgehead atoms. The molecule has 0 aliphatic carbocycles. The van der Waals surface area contributed by atoms with E-state index in [1.54, 1.807) is 0 Å². The first-order chi connectivity index (χ1) is 32.2. The molecule has 3 nitrogen and oxygen atoms in total. The first-order valence-corrected chi connectivity index (χ1v) is 22.9. The number of nitrogens with zero attached hydrogens (tertiary/aromatic N) is 3. The minimum atomic E-state index is 0.639. The first-order valence-electron chi connectivity index (χ1n) is 22.1. The number of rotatable bonds is 5. The van der Waals surface area contributed by atoms with Crippen molar-refractivity contribution in [2.24, 2.45) is 0 Å². The summed E-state index contributed by atoms with van der Waals surface area (Å²) in [5.74, 6) is 1.94. The second-order valence-electron chi connectivity index (χ2n) is 17.1. The van der Waals surface area contributed by atoms with Crippen molar-refractivity contribution < 1.29 is 0 Å². The van der Waals surface area contributed by atoms with E-state index in [1.165, 1.54) is 90.4 Å². The Kier molecular flexibility index (Phi) is 7.85. The zero-order valence-corrected chi connectivity index (χ0v) is 35.8. The summed E-state index contributed by atoms with van der Waals surface area (Å²) in [5.41, 5.74) is 7.42. The lowest BCUT2D eigenvalue weighted by molar-refractivity contribution is 1.07. The van der Waals surface area contributed by atoms with Crippen LogP contribution in [0.2, 0.25) is 0 Å². The molecule has 4 heteroatoms. The maximum atomic E-state index is 5.18. The highest BCUT2D eigenvalue weighted by Gasteiger charge is 2.18. The van der Waals surface area contributed by atoms with Crippen molar-refractivity contribution in [3.63, 3.8) is 0 Å². The highest BCUT2D eigenvalue weighted by Crippen LogP contribution is 2.45. The van der Waals surface area contributed by atoms with Crippen molar-refractivity contribution in [3.05, 3.63) is 212 Å². The molecule has 12 aromatic carbocycles. The van der Waals surface area contributed by atoms with Gasteiger partial charge in [-0.1, -0.05) is 164 Å². The Morgan fingerprint density at radius 2 is 0.662 bits per heavy atom. The summed E-state index contributed by atoms with van der Waals surface area (Å²) in [6.45, 7) is 0. The molecule has 14 rings (SSSR count). The molecule has 0 amide bonds. The lowest BCUT2D eigenvalue weighted by atomic mass is 9.86. The Bertz CT molecular complexity index is 4240. The monoisotopic (exact) mass is 841 g/mol. The Hall–Kier alpha value is -8.31. The Labute approximate surface area is 377 Å². The summed E-state index contributed by atoms with van der Waals surface area (Å²) in [4.78, 5) is 15.4. The van der Waals surface area contributed by atoms with Crippen molar-refractivity contribution in [1.29, 1.82) is 0 Å². The zero-order valence-electron chi connectivity index (χ0n) is 35.0. The summed E-state index contributed by atoms with van der Waals surface area (Å²) in [6.07, 6.45) is 0. The first kappa shape index (κ1) is 36.2. The fourth-order valence-electron chi connectivity index (χ4n) is 10.4. The van der Waals surface area contributed by atoms with Gasteiger partial charge in [-0.3, -0.25) is 0 Å². The van der Waals surface area contributed by atoms with Gasteiger partial charge in [-0.15, -0.1) is 11.3 Å². The third kappa shape index (κ3) is 5.71. The van der Waals surface area contributed by atoms with Gasteiger partial charge in [-0.25, -0.2) is 15.0 Å². The van der Waals surface area contributed by atoms with Crippen LogP contribution in [0.5, 0.6) is 0 Å². The van der Waals surface area contributed by atoms with Crippen molar-refractivity contribution in [2.45, 2.75) is 0 Å². The molecule has 0 fully saturated rings. The molecule has 0 saturated carbocycles. The summed E-state index contributed by atoms with van der Waals surface area (Å²) < 4.78 is 2.52. The maximum absolute atomic E-state index is 5.18. The topological polar surface area (TPSA) is 38.7 Å². The van der Waals surface area contributed by atoms with E-state index in [1.807, 2.05) is 29.5 Å². The van der Waals surface area contributed by atoms with Gasteiger partial charge in [0.25, 0.3) is 0 Å². The molecular formula is C61H35N3S. The standard InChI is InChI=1S/C61H35N3S/c1-2-11-39(12-3-1)59-62-60(64-61(63-59)45-29-30-54-51(34-45)47-20-4-5-24-53(47)65-54)44-19-7-17-41(32-44)40-16-6-18-42(31-40)46-33-43-28-27-38-14-9-22-49-48-21-8-13-36-25-26-37-15-10-23-50(57(37)55(36)48)52(35-46)58(43)56(38)49/h1-35H. The van der Waals surface area contributed by atoms with Crippen LogP contribution in [0.3, 0.4) is 0 Å². The smallest absolute Gasteiger partial charge is 0.164 e. The van der Waals surface area contributed by atoms with Gasteiger partial charge in [-0.2, -0.15) is 0 Å². The SMILES string of the molecule is c1ccc(-c2nc(-c3cccc(-c4cccc(-c5cc6ccc7cccc8c9cccc%10ccc%11cccc(c(c5)c6c78)c%11c%109)c4)c3)nc(-c3ccc4sc5ccccc5c4c3)n2)cc1. The second-order valence-corrected chi connectivity index (χ2v) is 18.2. The summed E-state index contributed by atoms with van der Waals surface area (Å²) in [7, 11) is 0. The molecule has 0 saturated heterocycles. The van der Waals surface area contributed by atoms with Gasteiger partial charge in [0, 0.05) is 36.9 Å². The lowest BCUT2D eigenvalue weighted by Crippen LogP contribution is -2.00. The third-order valence-corrected chi connectivity index (χ3v) is 14.5. The van der Waals surface area contributed by atoms with E-state index < -0.39 is 0 Å². The van der Waals surface area contributed by atoms with E-state index in [2.05, 4.69) is 194 Å². The van der Waals surface area contributed by atoms with Crippen LogP contribution >= 0.6 is 11.3 Å². The number of benzene rings is 11. The Morgan fingerprint density at radius 3 is 1.32 bits per heavy atom. The predicted octanol–water partition coefficient (Wildman–Crippen LogP) is 16.9. The van der Waals surface area contributed by atoms with E-state index in [-0.39, 0.29) is 0 Å². The Balaban J connectivity index is 0.930. The fraction of sp³-hybridized carbons (Fsp3) is 0. The number of thiophene rings is 1. The number of hydrogen-bond donors (Lipinski definition) is 0. The molecule has 65 heavy (non-hydrogen) atoms. The molecule has 0 N–H and O–H groups in total.